The van der Waals surface area contributed by atoms with Crippen molar-refractivity contribution in [3.63, 3.8) is 0 Å². The third-order valence-corrected chi connectivity index (χ3v) is 3.86. The molecule has 1 atom stereocenters. The number of hydrogen-bond acceptors (Lipinski definition) is 3. The molecule has 1 aromatic rings. The summed E-state index contributed by atoms with van der Waals surface area (Å²) in [4.78, 5) is 1.49. The van der Waals surface area contributed by atoms with Gasteiger partial charge in [0.2, 0.25) is 0 Å². The molecule has 114 valence electrons. The zero-order valence-corrected chi connectivity index (χ0v) is 11.9. The number of hydrogen-bond donors (Lipinski definition) is 1. The molecule has 20 heavy (non-hydrogen) atoms. The van der Waals surface area contributed by atoms with Gasteiger partial charge >= 0.3 is 6.18 Å². The SMILES string of the molecule is Cc1c(CNCC2CCN(CC(F)(F)F)C2)cnn1C. The fourth-order valence-corrected chi connectivity index (χ4v) is 2.61. The minimum Gasteiger partial charge on any atom is -0.312 e. The zero-order valence-electron chi connectivity index (χ0n) is 11.9. The molecule has 1 aliphatic heterocycles. The summed E-state index contributed by atoms with van der Waals surface area (Å²) in [5.74, 6) is 0.300. The van der Waals surface area contributed by atoms with Gasteiger partial charge in [0.1, 0.15) is 0 Å². The molecule has 0 bridgehead atoms. The van der Waals surface area contributed by atoms with Crippen molar-refractivity contribution in [2.75, 3.05) is 26.2 Å². The second-order valence-electron chi connectivity index (χ2n) is 5.51. The maximum atomic E-state index is 12.3. The van der Waals surface area contributed by atoms with E-state index in [0.29, 0.717) is 19.0 Å². The number of rotatable bonds is 5. The van der Waals surface area contributed by atoms with Crippen LogP contribution in [-0.2, 0) is 13.6 Å². The van der Waals surface area contributed by atoms with E-state index in [1.165, 1.54) is 4.90 Å². The Balaban J connectivity index is 1.70. The van der Waals surface area contributed by atoms with Crippen LogP contribution in [0.15, 0.2) is 6.20 Å². The van der Waals surface area contributed by atoms with Gasteiger partial charge in [-0.3, -0.25) is 9.58 Å². The van der Waals surface area contributed by atoms with Gasteiger partial charge in [-0.05, 0) is 32.4 Å². The summed E-state index contributed by atoms with van der Waals surface area (Å²) in [5, 5.41) is 7.48. The maximum Gasteiger partial charge on any atom is 0.401 e. The third kappa shape index (κ3) is 4.21. The molecule has 0 saturated carbocycles. The summed E-state index contributed by atoms with van der Waals surface area (Å²) in [6.07, 6.45) is -1.43. The Labute approximate surface area is 116 Å². The molecule has 4 nitrogen and oxygen atoms in total. The number of aryl methyl sites for hydroxylation is 1. The van der Waals surface area contributed by atoms with Crippen molar-refractivity contribution in [2.45, 2.75) is 26.1 Å². The van der Waals surface area contributed by atoms with Gasteiger partial charge in [0.25, 0.3) is 0 Å². The Bertz CT molecular complexity index is 441. The molecule has 2 heterocycles. The van der Waals surface area contributed by atoms with Crippen molar-refractivity contribution < 1.29 is 13.2 Å². The van der Waals surface area contributed by atoms with Crippen LogP contribution in [0.25, 0.3) is 0 Å². The van der Waals surface area contributed by atoms with Gasteiger partial charge < -0.3 is 5.32 Å². The van der Waals surface area contributed by atoms with Crippen molar-refractivity contribution in [3.8, 4) is 0 Å². The fraction of sp³-hybridized carbons (Fsp3) is 0.769. The Kier molecular flexibility index (Phi) is 4.70. The van der Waals surface area contributed by atoms with E-state index in [9.17, 15) is 13.2 Å². The largest absolute Gasteiger partial charge is 0.401 e. The molecule has 0 amide bonds. The van der Waals surface area contributed by atoms with Gasteiger partial charge in [-0.15, -0.1) is 0 Å². The van der Waals surface area contributed by atoms with E-state index in [0.717, 1.165) is 30.8 Å². The van der Waals surface area contributed by atoms with Crippen molar-refractivity contribution in [2.24, 2.45) is 13.0 Å². The average Bonchev–Trinajstić information content (AvgIpc) is 2.88. The molecular formula is C13H21F3N4. The maximum absolute atomic E-state index is 12.3. The summed E-state index contributed by atoms with van der Waals surface area (Å²) in [5.41, 5.74) is 2.25. The van der Waals surface area contributed by atoms with Crippen LogP contribution in [0.3, 0.4) is 0 Å². The molecule has 1 aromatic heterocycles. The van der Waals surface area contributed by atoms with E-state index in [2.05, 4.69) is 10.4 Å². The minimum absolute atomic E-state index is 0.300. The first-order valence-corrected chi connectivity index (χ1v) is 6.82. The Morgan fingerprint density at radius 3 is 2.80 bits per heavy atom. The van der Waals surface area contributed by atoms with E-state index in [-0.39, 0.29) is 0 Å². The first-order chi connectivity index (χ1) is 9.35. The van der Waals surface area contributed by atoms with Crippen LogP contribution < -0.4 is 5.32 Å². The molecule has 1 fully saturated rings. The predicted octanol–water partition coefficient (Wildman–Crippen LogP) is 1.70. The van der Waals surface area contributed by atoms with Gasteiger partial charge in [-0.2, -0.15) is 18.3 Å². The molecule has 1 aliphatic rings. The van der Waals surface area contributed by atoms with Gasteiger partial charge in [0.15, 0.2) is 0 Å². The van der Waals surface area contributed by atoms with Gasteiger partial charge in [0, 0.05) is 31.4 Å². The second-order valence-corrected chi connectivity index (χ2v) is 5.51. The molecule has 1 unspecified atom stereocenters. The molecular weight excluding hydrogens is 269 g/mol. The van der Waals surface area contributed by atoms with Crippen molar-refractivity contribution in [1.29, 1.82) is 0 Å². The molecule has 1 N–H and O–H groups in total. The highest BCUT2D eigenvalue weighted by molar-refractivity contribution is 5.15. The smallest absolute Gasteiger partial charge is 0.312 e. The number of aromatic nitrogens is 2. The van der Waals surface area contributed by atoms with E-state index < -0.39 is 12.7 Å². The number of alkyl halides is 3. The molecule has 1 saturated heterocycles. The van der Waals surface area contributed by atoms with Crippen molar-refractivity contribution >= 4 is 0 Å². The monoisotopic (exact) mass is 290 g/mol. The van der Waals surface area contributed by atoms with Crippen LogP contribution in [0.2, 0.25) is 0 Å². The second kappa shape index (κ2) is 6.13. The van der Waals surface area contributed by atoms with Crippen molar-refractivity contribution in [1.82, 2.24) is 20.0 Å². The van der Waals surface area contributed by atoms with Crippen LogP contribution >= 0.6 is 0 Å². The lowest BCUT2D eigenvalue weighted by Crippen LogP contribution is -2.33. The van der Waals surface area contributed by atoms with E-state index in [4.69, 9.17) is 0 Å². The lowest BCUT2D eigenvalue weighted by atomic mass is 10.1. The van der Waals surface area contributed by atoms with Gasteiger partial charge in [0.05, 0.1) is 12.7 Å². The van der Waals surface area contributed by atoms with Gasteiger partial charge in [-0.25, -0.2) is 0 Å². The molecule has 0 spiro atoms. The Hall–Kier alpha value is -1.08. The molecule has 7 heteroatoms. The van der Waals surface area contributed by atoms with Crippen LogP contribution in [0, 0.1) is 12.8 Å². The molecule has 0 radical (unpaired) electrons. The molecule has 2 rings (SSSR count). The number of likely N-dealkylation sites (tertiary alicyclic amines) is 1. The van der Waals surface area contributed by atoms with Crippen LogP contribution in [0.1, 0.15) is 17.7 Å². The fourth-order valence-electron chi connectivity index (χ4n) is 2.61. The van der Waals surface area contributed by atoms with Crippen molar-refractivity contribution in [3.05, 3.63) is 17.5 Å². The predicted molar refractivity (Wildman–Crippen MR) is 70.3 cm³/mol. The highest BCUT2D eigenvalue weighted by atomic mass is 19.4. The Morgan fingerprint density at radius 2 is 2.20 bits per heavy atom. The van der Waals surface area contributed by atoms with Gasteiger partial charge in [-0.1, -0.05) is 0 Å². The highest BCUT2D eigenvalue weighted by Gasteiger charge is 2.34. The third-order valence-electron chi connectivity index (χ3n) is 3.86. The number of nitrogens with zero attached hydrogens (tertiary/aromatic N) is 3. The van der Waals surface area contributed by atoms with E-state index >= 15 is 0 Å². The number of nitrogens with one attached hydrogen (secondary N) is 1. The minimum atomic E-state index is -4.09. The summed E-state index contributed by atoms with van der Waals surface area (Å²) < 4.78 is 38.7. The number of halogens is 3. The quantitative estimate of drug-likeness (QED) is 0.896. The summed E-state index contributed by atoms with van der Waals surface area (Å²) in [6, 6.07) is 0. The van der Waals surface area contributed by atoms with E-state index in [1.54, 1.807) is 0 Å². The zero-order chi connectivity index (χ0) is 14.8. The van der Waals surface area contributed by atoms with Crippen LogP contribution in [0.4, 0.5) is 13.2 Å². The van der Waals surface area contributed by atoms with Crippen LogP contribution in [-0.4, -0.2) is 47.0 Å². The molecule has 0 aromatic carbocycles. The topological polar surface area (TPSA) is 33.1 Å². The summed E-state index contributed by atoms with van der Waals surface area (Å²) in [7, 11) is 1.89. The van der Waals surface area contributed by atoms with Crippen LogP contribution in [0.5, 0.6) is 0 Å². The van der Waals surface area contributed by atoms with E-state index in [1.807, 2.05) is 24.9 Å². The normalized spacial score (nSPS) is 20.8. The Morgan fingerprint density at radius 1 is 1.45 bits per heavy atom. The lowest BCUT2D eigenvalue weighted by Gasteiger charge is -2.18. The standard InChI is InChI=1S/C13H21F3N4/c1-10-12(7-18-19(10)2)6-17-5-11-3-4-20(8-11)9-13(14,15)16/h7,11,17H,3-6,8-9H2,1-2H3. The summed E-state index contributed by atoms with van der Waals surface area (Å²) in [6.45, 7) is 3.75. The summed E-state index contributed by atoms with van der Waals surface area (Å²) >= 11 is 0. The first kappa shape index (κ1) is 15.3. The first-order valence-electron chi connectivity index (χ1n) is 6.82. The lowest BCUT2D eigenvalue weighted by molar-refractivity contribution is -0.143. The molecule has 0 aliphatic carbocycles. The highest BCUT2D eigenvalue weighted by Crippen LogP contribution is 2.22. The average molecular weight is 290 g/mol.